The molecule has 102 valence electrons. The molecular weight excluding hydrogens is 244 g/mol. The molecule has 0 bridgehead atoms. The van der Waals surface area contributed by atoms with Gasteiger partial charge in [0.1, 0.15) is 0 Å². The number of anilines is 1. The van der Waals surface area contributed by atoms with E-state index < -0.39 is 5.97 Å². The lowest BCUT2D eigenvalue weighted by Crippen LogP contribution is -2.39. The lowest BCUT2D eigenvalue weighted by Gasteiger charge is -2.25. The van der Waals surface area contributed by atoms with E-state index in [4.69, 9.17) is 5.11 Å². The third kappa shape index (κ3) is 3.24. The summed E-state index contributed by atoms with van der Waals surface area (Å²) in [5.41, 5.74) is 0.662. The van der Waals surface area contributed by atoms with Gasteiger partial charge in [0, 0.05) is 18.8 Å². The number of urea groups is 1. The van der Waals surface area contributed by atoms with E-state index in [1.165, 1.54) is 25.0 Å². The summed E-state index contributed by atoms with van der Waals surface area (Å²) in [4.78, 5) is 24.6. The molecule has 2 rings (SSSR count). The van der Waals surface area contributed by atoms with Crippen LogP contribution in [0.3, 0.4) is 0 Å². The Morgan fingerprint density at radius 2 is 2.11 bits per heavy atom. The predicted molar refractivity (Wildman–Crippen MR) is 72.4 cm³/mol. The first-order valence-corrected chi connectivity index (χ1v) is 6.36. The molecule has 0 radical (unpaired) electrons. The van der Waals surface area contributed by atoms with Gasteiger partial charge in [-0.2, -0.15) is 0 Å². The molecule has 1 unspecified atom stereocenters. The third-order valence-electron chi connectivity index (χ3n) is 3.60. The van der Waals surface area contributed by atoms with Gasteiger partial charge >= 0.3 is 12.0 Å². The number of carbonyl (C=O) groups is 2. The minimum Gasteiger partial charge on any atom is -0.478 e. The summed E-state index contributed by atoms with van der Waals surface area (Å²) in [6.45, 7) is 2.03. The topological polar surface area (TPSA) is 69.6 Å². The monoisotopic (exact) mass is 262 g/mol. The minimum absolute atomic E-state index is 0.163. The highest BCUT2D eigenvalue weighted by atomic mass is 16.4. The van der Waals surface area contributed by atoms with E-state index in [1.54, 1.807) is 24.1 Å². The minimum atomic E-state index is -1.00. The Balaban J connectivity index is 2.01. The lowest BCUT2D eigenvalue weighted by molar-refractivity contribution is 0.0697. The van der Waals surface area contributed by atoms with Crippen molar-refractivity contribution in [3.8, 4) is 0 Å². The zero-order chi connectivity index (χ0) is 14.0. The average molecular weight is 262 g/mol. The van der Waals surface area contributed by atoms with E-state index in [9.17, 15) is 9.59 Å². The van der Waals surface area contributed by atoms with Gasteiger partial charge in [-0.05, 0) is 43.9 Å². The van der Waals surface area contributed by atoms with E-state index >= 15 is 0 Å². The second-order valence-corrected chi connectivity index (χ2v) is 5.01. The van der Waals surface area contributed by atoms with Crippen LogP contribution in [0.4, 0.5) is 10.5 Å². The van der Waals surface area contributed by atoms with Crippen LogP contribution in [0.2, 0.25) is 0 Å². The molecule has 2 amide bonds. The first-order valence-electron chi connectivity index (χ1n) is 6.36. The molecule has 0 aromatic heterocycles. The molecule has 1 aliphatic rings. The number of hydrogen-bond acceptors (Lipinski definition) is 2. The summed E-state index contributed by atoms with van der Waals surface area (Å²) in [7, 11) is 1.76. The van der Waals surface area contributed by atoms with Gasteiger partial charge in [-0.1, -0.05) is 6.07 Å². The molecule has 0 heterocycles. The maximum atomic E-state index is 12.0. The van der Waals surface area contributed by atoms with Gasteiger partial charge in [0.15, 0.2) is 0 Å². The number of aromatic carboxylic acids is 1. The number of hydrogen-bond donors (Lipinski definition) is 2. The largest absolute Gasteiger partial charge is 0.478 e. The summed E-state index contributed by atoms with van der Waals surface area (Å²) in [5.74, 6) is -0.406. The number of carboxylic acids is 1. The number of amides is 2. The molecule has 0 spiro atoms. The number of nitrogens with zero attached hydrogens (tertiary/aromatic N) is 1. The highest BCUT2D eigenvalue weighted by Gasteiger charge is 2.32. The average Bonchev–Trinajstić information content (AvgIpc) is 3.21. The van der Waals surface area contributed by atoms with E-state index in [2.05, 4.69) is 5.32 Å². The molecular formula is C14H18N2O3. The predicted octanol–water partition coefficient (Wildman–Crippen LogP) is 2.65. The molecule has 1 aromatic carbocycles. The zero-order valence-corrected chi connectivity index (χ0v) is 11.1. The normalized spacial score (nSPS) is 15.7. The van der Waals surface area contributed by atoms with Crippen LogP contribution in [0.15, 0.2) is 24.3 Å². The number of rotatable bonds is 4. The van der Waals surface area contributed by atoms with Crippen molar-refractivity contribution >= 4 is 17.7 Å². The summed E-state index contributed by atoms with van der Waals surface area (Å²) in [6, 6.07) is 6.25. The highest BCUT2D eigenvalue weighted by Crippen LogP contribution is 2.34. The maximum absolute atomic E-state index is 12.0. The van der Waals surface area contributed by atoms with Crippen molar-refractivity contribution in [2.75, 3.05) is 12.4 Å². The van der Waals surface area contributed by atoms with Crippen molar-refractivity contribution in [3.63, 3.8) is 0 Å². The first kappa shape index (κ1) is 13.4. The number of carboxylic acid groups (broad SMARTS) is 1. The molecule has 5 heteroatoms. The van der Waals surface area contributed by atoms with E-state index in [0.29, 0.717) is 11.6 Å². The highest BCUT2D eigenvalue weighted by molar-refractivity contribution is 5.93. The van der Waals surface area contributed by atoms with Crippen LogP contribution in [-0.4, -0.2) is 35.1 Å². The van der Waals surface area contributed by atoms with Crippen LogP contribution in [-0.2, 0) is 0 Å². The summed E-state index contributed by atoms with van der Waals surface area (Å²) >= 11 is 0. The molecule has 1 aromatic rings. The second kappa shape index (κ2) is 5.30. The summed E-state index contributed by atoms with van der Waals surface area (Å²) in [5, 5.41) is 11.6. The molecule has 2 N–H and O–H groups in total. The van der Waals surface area contributed by atoms with Crippen molar-refractivity contribution in [1.29, 1.82) is 0 Å². The lowest BCUT2D eigenvalue weighted by atomic mass is 10.2. The van der Waals surface area contributed by atoms with Crippen LogP contribution >= 0.6 is 0 Å². The molecule has 1 saturated carbocycles. The number of carbonyl (C=O) groups excluding carboxylic acids is 1. The molecule has 1 aliphatic carbocycles. The van der Waals surface area contributed by atoms with Crippen LogP contribution in [0.25, 0.3) is 0 Å². The Morgan fingerprint density at radius 3 is 2.68 bits per heavy atom. The van der Waals surface area contributed by atoms with Gasteiger partial charge in [-0.3, -0.25) is 0 Å². The fourth-order valence-corrected chi connectivity index (χ4v) is 2.02. The Kier molecular flexibility index (Phi) is 3.74. The second-order valence-electron chi connectivity index (χ2n) is 5.01. The maximum Gasteiger partial charge on any atom is 0.335 e. The van der Waals surface area contributed by atoms with Crippen LogP contribution < -0.4 is 5.32 Å². The SMILES string of the molecule is CC(C1CC1)N(C)C(=O)Nc1cccc(C(=O)O)c1. The van der Waals surface area contributed by atoms with Crippen molar-refractivity contribution < 1.29 is 14.7 Å². The molecule has 1 fully saturated rings. The molecule has 0 aliphatic heterocycles. The standard InChI is InChI=1S/C14H18N2O3/c1-9(10-6-7-10)16(2)14(19)15-12-5-3-4-11(8-12)13(17)18/h3-5,8-10H,6-7H2,1-2H3,(H,15,19)(H,17,18). The van der Waals surface area contributed by atoms with Gasteiger partial charge in [0.25, 0.3) is 0 Å². The van der Waals surface area contributed by atoms with Crippen LogP contribution in [0, 0.1) is 5.92 Å². The fraction of sp³-hybridized carbons (Fsp3) is 0.429. The van der Waals surface area contributed by atoms with Crippen molar-refractivity contribution in [3.05, 3.63) is 29.8 Å². The van der Waals surface area contributed by atoms with Gasteiger partial charge in [-0.25, -0.2) is 9.59 Å². The third-order valence-corrected chi connectivity index (χ3v) is 3.60. The molecule has 0 saturated heterocycles. The van der Waals surface area contributed by atoms with Gasteiger partial charge in [-0.15, -0.1) is 0 Å². The molecule has 1 atom stereocenters. The van der Waals surface area contributed by atoms with E-state index in [-0.39, 0.29) is 17.6 Å². The van der Waals surface area contributed by atoms with Crippen molar-refractivity contribution in [1.82, 2.24) is 4.90 Å². The quantitative estimate of drug-likeness (QED) is 0.876. The Labute approximate surface area is 112 Å². The molecule has 5 nitrogen and oxygen atoms in total. The Morgan fingerprint density at radius 1 is 1.42 bits per heavy atom. The van der Waals surface area contributed by atoms with E-state index in [0.717, 1.165) is 0 Å². The smallest absolute Gasteiger partial charge is 0.335 e. The Hall–Kier alpha value is -2.04. The Bertz CT molecular complexity index is 497. The fourth-order valence-electron chi connectivity index (χ4n) is 2.02. The first-order chi connectivity index (χ1) is 8.99. The van der Waals surface area contributed by atoms with Crippen molar-refractivity contribution in [2.24, 2.45) is 5.92 Å². The van der Waals surface area contributed by atoms with Crippen LogP contribution in [0.1, 0.15) is 30.1 Å². The van der Waals surface area contributed by atoms with Gasteiger partial charge in [0.2, 0.25) is 0 Å². The zero-order valence-electron chi connectivity index (χ0n) is 11.1. The van der Waals surface area contributed by atoms with Gasteiger partial charge < -0.3 is 15.3 Å². The van der Waals surface area contributed by atoms with E-state index in [1.807, 2.05) is 6.92 Å². The van der Waals surface area contributed by atoms with Crippen LogP contribution in [0.5, 0.6) is 0 Å². The van der Waals surface area contributed by atoms with Gasteiger partial charge in [0.05, 0.1) is 5.56 Å². The molecule has 19 heavy (non-hydrogen) atoms. The summed E-state index contributed by atoms with van der Waals surface area (Å²) < 4.78 is 0. The van der Waals surface area contributed by atoms with Crippen molar-refractivity contribution in [2.45, 2.75) is 25.8 Å². The number of nitrogens with one attached hydrogen (secondary N) is 1. The summed E-state index contributed by atoms with van der Waals surface area (Å²) in [6.07, 6.45) is 2.35. The number of benzene rings is 1.